The van der Waals surface area contributed by atoms with Gasteiger partial charge in [-0.15, -0.1) is 0 Å². The number of carboxylic acids is 1. The van der Waals surface area contributed by atoms with Gasteiger partial charge in [0.15, 0.2) is 5.60 Å². The number of carbonyl (C=O) groups is 1. The molecule has 1 fully saturated rings. The van der Waals surface area contributed by atoms with Crippen LogP contribution in [0.15, 0.2) is 22.7 Å². The number of nitrogens with two attached hydrogens (primary N) is 1. The summed E-state index contributed by atoms with van der Waals surface area (Å²) >= 11 is 1.40. The number of aromatic nitrogens is 1. The summed E-state index contributed by atoms with van der Waals surface area (Å²) in [7, 11) is 0. The summed E-state index contributed by atoms with van der Waals surface area (Å²) in [6.45, 7) is 0. The van der Waals surface area contributed by atoms with Crippen LogP contribution in [-0.2, 0) is 17.6 Å². The first-order valence-corrected chi connectivity index (χ1v) is 9.90. The quantitative estimate of drug-likeness (QED) is 0.626. The highest BCUT2D eigenvalue weighted by molar-refractivity contribution is 7.98. The summed E-state index contributed by atoms with van der Waals surface area (Å²) in [6, 6.07) is 2.79. The van der Waals surface area contributed by atoms with Gasteiger partial charge in [-0.1, -0.05) is 12.8 Å². The molecule has 0 radical (unpaired) electrons. The second-order valence-corrected chi connectivity index (χ2v) is 7.74. The summed E-state index contributed by atoms with van der Waals surface area (Å²) in [5, 5.41) is 21.0. The second-order valence-electron chi connectivity index (χ2n) is 6.83. The van der Waals surface area contributed by atoms with E-state index in [4.69, 9.17) is 10.2 Å². The van der Waals surface area contributed by atoms with Crippen LogP contribution < -0.4 is 5.73 Å². The normalized spacial score (nSPS) is 18.2. The molecule has 0 unspecified atom stereocenters. The van der Waals surface area contributed by atoms with E-state index in [1.807, 2.05) is 12.3 Å². The molecule has 0 aromatic carbocycles. The molecule has 1 aliphatic rings. The van der Waals surface area contributed by atoms with Crippen molar-refractivity contribution in [2.45, 2.75) is 43.7 Å². The van der Waals surface area contributed by atoms with Crippen LogP contribution in [0.5, 0.6) is 0 Å². The van der Waals surface area contributed by atoms with E-state index in [9.17, 15) is 15.0 Å². The average molecular weight is 364 g/mol. The summed E-state index contributed by atoms with van der Waals surface area (Å²) in [6.07, 6.45) is 7.83. The Labute approximate surface area is 150 Å². The molecule has 2 atom stereocenters. The monoisotopic (exact) mass is 364 g/mol. The van der Waals surface area contributed by atoms with Crippen LogP contribution >= 0.6 is 11.8 Å². The third-order valence-electron chi connectivity index (χ3n) is 4.84. The van der Waals surface area contributed by atoms with Crippen LogP contribution in [0.4, 0.5) is 0 Å². The third-order valence-corrected chi connectivity index (χ3v) is 5.53. The largest absolute Gasteiger partial charge is 0.479 e. The van der Waals surface area contributed by atoms with Gasteiger partial charge in [0.05, 0.1) is 11.7 Å². The highest BCUT2D eigenvalue weighted by Crippen LogP contribution is 2.34. The molecule has 0 aliphatic heterocycles. The zero-order valence-electron chi connectivity index (χ0n) is 14.3. The first-order chi connectivity index (χ1) is 11.9. The molecular weight excluding hydrogens is 340 g/mol. The van der Waals surface area contributed by atoms with E-state index in [1.54, 1.807) is 12.3 Å². The Morgan fingerprint density at radius 2 is 2.32 bits per heavy atom. The number of fused-ring (bicyclic) bond motifs is 1. The molecule has 7 heteroatoms. The molecule has 4 N–H and O–H groups in total. The zero-order valence-corrected chi connectivity index (χ0v) is 15.1. The van der Waals surface area contributed by atoms with Crippen LogP contribution in [0.1, 0.15) is 30.7 Å². The molecule has 136 valence electrons. The van der Waals surface area contributed by atoms with E-state index in [1.165, 1.54) is 24.6 Å². The predicted molar refractivity (Wildman–Crippen MR) is 97.7 cm³/mol. The Hall–Kier alpha value is -1.57. The first kappa shape index (κ1) is 18.2. The summed E-state index contributed by atoms with van der Waals surface area (Å²) < 4.78 is 5.87. The lowest BCUT2D eigenvalue weighted by Crippen LogP contribution is -2.57. The van der Waals surface area contributed by atoms with Crippen molar-refractivity contribution in [2.75, 3.05) is 12.0 Å². The standard InChI is InChI=1S/C18H24N2O4S/c1-25-10-16(19)18(23,17(21)22)9-14-13-8-12(5-4-11-2-3-11)24-15(13)6-7-20-14/h6-8,11,16,23H,2-5,9-10,19H2,1H3,(H,21,22)/t16-,18+/m0/s1. The van der Waals surface area contributed by atoms with Gasteiger partial charge in [0.2, 0.25) is 0 Å². The van der Waals surface area contributed by atoms with Crippen molar-refractivity contribution < 1.29 is 19.4 Å². The van der Waals surface area contributed by atoms with Crippen molar-refractivity contribution in [3.05, 3.63) is 29.8 Å². The fourth-order valence-corrected chi connectivity index (χ4v) is 3.66. The van der Waals surface area contributed by atoms with Crippen molar-refractivity contribution >= 4 is 28.7 Å². The Morgan fingerprint density at radius 3 is 2.96 bits per heavy atom. The SMILES string of the molecule is CSC[C@H](N)[C@](O)(Cc1nccc2oc(CCC3CC3)cc12)C(=O)O. The zero-order chi connectivity index (χ0) is 18.0. The number of aryl methyl sites for hydroxylation is 1. The summed E-state index contributed by atoms with van der Waals surface area (Å²) in [4.78, 5) is 16.0. The summed E-state index contributed by atoms with van der Waals surface area (Å²) in [5.41, 5.74) is 5.05. The Morgan fingerprint density at radius 1 is 1.56 bits per heavy atom. The van der Waals surface area contributed by atoms with Gasteiger partial charge in [0.25, 0.3) is 0 Å². The van der Waals surface area contributed by atoms with E-state index < -0.39 is 17.6 Å². The molecule has 2 aromatic rings. The van der Waals surface area contributed by atoms with E-state index in [0.717, 1.165) is 29.9 Å². The van der Waals surface area contributed by atoms with Crippen LogP contribution in [0.3, 0.4) is 0 Å². The predicted octanol–water partition coefficient (Wildman–Crippen LogP) is 2.22. The number of pyridine rings is 1. The number of thioether (sulfide) groups is 1. The Balaban J connectivity index is 1.86. The number of rotatable bonds is 9. The lowest BCUT2D eigenvalue weighted by atomic mass is 9.89. The fraction of sp³-hybridized carbons (Fsp3) is 0.556. The molecule has 0 amide bonds. The molecule has 0 spiro atoms. The minimum Gasteiger partial charge on any atom is -0.479 e. The molecule has 2 aromatic heterocycles. The van der Waals surface area contributed by atoms with E-state index in [2.05, 4.69) is 4.98 Å². The fourth-order valence-electron chi connectivity index (χ4n) is 3.03. The number of hydrogen-bond acceptors (Lipinski definition) is 6. The number of aliphatic carboxylic acids is 1. The number of hydrogen-bond donors (Lipinski definition) is 3. The smallest absolute Gasteiger partial charge is 0.337 e. The van der Waals surface area contributed by atoms with Crippen molar-refractivity contribution in [2.24, 2.45) is 11.7 Å². The second kappa shape index (κ2) is 7.35. The maximum absolute atomic E-state index is 11.7. The van der Waals surface area contributed by atoms with Crippen LogP contribution in [-0.4, -0.2) is 44.8 Å². The third kappa shape index (κ3) is 3.99. The van der Waals surface area contributed by atoms with Crippen molar-refractivity contribution in [1.82, 2.24) is 4.98 Å². The molecule has 3 rings (SSSR count). The van der Waals surface area contributed by atoms with Crippen molar-refractivity contribution in [3.63, 3.8) is 0 Å². The van der Waals surface area contributed by atoms with Gasteiger partial charge in [-0.25, -0.2) is 4.79 Å². The van der Waals surface area contributed by atoms with E-state index in [0.29, 0.717) is 17.0 Å². The maximum atomic E-state index is 11.7. The average Bonchev–Trinajstić information content (AvgIpc) is 3.31. The highest BCUT2D eigenvalue weighted by atomic mass is 32.2. The van der Waals surface area contributed by atoms with E-state index in [-0.39, 0.29) is 6.42 Å². The molecule has 6 nitrogen and oxygen atoms in total. The van der Waals surface area contributed by atoms with E-state index >= 15 is 0 Å². The number of carboxylic acid groups (broad SMARTS) is 1. The molecule has 25 heavy (non-hydrogen) atoms. The van der Waals surface area contributed by atoms with Crippen molar-refractivity contribution in [3.8, 4) is 0 Å². The Kier molecular flexibility index (Phi) is 5.36. The van der Waals surface area contributed by atoms with Gasteiger partial charge in [-0.05, 0) is 30.7 Å². The van der Waals surface area contributed by atoms with Gasteiger partial charge in [0.1, 0.15) is 11.3 Å². The number of aliphatic hydroxyl groups is 1. The summed E-state index contributed by atoms with van der Waals surface area (Å²) in [5.74, 6) is 0.706. The topological polar surface area (TPSA) is 110 Å². The van der Waals surface area contributed by atoms with Gasteiger partial charge in [-0.3, -0.25) is 4.98 Å². The first-order valence-electron chi connectivity index (χ1n) is 8.50. The van der Waals surface area contributed by atoms with Crippen molar-refractivity contribution in [1.29, 1.82) is 0 Å². The van der Waals surface area contributed by atoms with Gasteiger partial charge >= 0.3 is 5.97 Å². The van der Waals surface area contributed by atoms with Crippen LogP contribution in [0, 0.1) is 5.92 Å². The minimum absolute atomic E-state index is 0.150. The van der Waals surface area contributed by atoms with Crippen LogP contribution in [0.2, 0.25) is 0 Å². The number of nitrogens with zero attached hydrogens (tertiary/aromatic N) is 1. The van der Waals surface area contributed by atoms with Gasteiger partial charge in [-0.2, -0.15) is 11.8 Å². The minimum atomic E-state index is -2.06. The Bertz CT molecular complexity index is 759. The lowest BCUT2D eigenvalue weighted by Gasteiger charge is -2.29. The van der Waals surface area contributed by atoms with Gasteiger partial charge in [0, 0.05) is 30.2 Å². The number of furan rings is 1. The molecule has 0 bridgehead atoms. The molecule has 2 heterocycles. The lowest BCUT2D eigenvalue weighted by molar-refractivity contribution is -0.160. The molecule has 1 saturated carbocycles. The van der Waals surface area contributed by atoms with Crippen LogP contribution in [0.25, 0.3) is 11.0 Å². The maximum Gasteiger partial charge on any atom is 0.337 e. The molecule has 1 aliphatic carbocycles. The van der Waals surface area contributed by atoms with Gasteiger partial charge < -0.3 is 20.4 Å². The molecular formula is C18H24N2O4S. The highest BCUT2D eigenvalue weighted by Gasteiger charge is 2.43. The molecule has 0 saturated heterocycles.